The molecule has 0 atom stereocenters. The number of nitrogens with zero attached hydrogens (tertiary/aromatic N) is 6. The second-order valence-corrected chi connectivity index (χ2v) is 13.8. The van der Waals surface area contributed by atoms with Gasteiger partial charge in [0.15, 0.2) is 5.69 Å². The third kappa shape index (κ3) is 5.12. The van der Waals surface area contributed by atoms with Gasteiger partial charge in [-0.2, -0.15) is 10.5 Å². The summed E-state index contributed by atoms with van der Waals surface area (Å²) < 4.78 is 4.44. The number of aromatic nitrogens is 3. The quantitative estimate of drug-likeness (QED) is 0.167. The summed E-state index contributed by atoms with van der Waals surface area (Å²) in [4.78, 5) is 7.87. The number of hydrogen-bond donors (Lipinski definition) is 0. The van der Waals surface area contributed by atoms with Crippen LogP contribution in [0.3, 0.4) is 0 Å². The smallest absolute Gasteiger partial charge is 0.187 e. The topological polar surface area (TPSA) is 74.7 Å². The maximum Gasteiger partial charge on any atom is 0.187 e. The largest absolute Gasteiger partial charge is 0.308 e. The van der Waals surface area contributed by atoms with Crippen LogP contribution >= 0.6 is 0 Å². The van der Waals surface area contributed by atoms with Crippen molar-refractivity contribution in [1.82, 2.24) is 14.1 Å². The Kier molecular flexibility index (Phi) is 7.53. The highest BCUT2D eigenvalue weighted by Crippen LogP contribution is 2.41. The van der Waals surface area contributed by atoms with E-state index < -0.39 is 0 Å². The Morgan fingerprint density at radius 1 is 0.446 bits per heavy atom. The molecule has 10 aromatic rings. The van der Waals surface area contributed by atoms with Crippen LogP contribution in [0, 0.1) is 29.2 Å². The SMILES string of the molecule is [C-]#[N+]c1ccc(-c2ccc3c(c2)c2ccccc2n3-c2cc(-c3ccncc3)cc(-n3c4ccccc4c4cc(-c5ccc(C#N)cc5)ccc43)c2C#N)cc1. The van der Waals surface area contributed by atoms with Gasteiger partial charge in [-0.25, -0.2) is 4.85 Å². The molecule has 0 radical (unpaired) electrons. The molecule has 0 aliphatic carbocycles. The molecule has 0 saturated heterocycles. The summed E-state index contributed by atoms with van der Waals surface area (Å²) in [7, 11) is 0. The van der Waals surface area contributed by atoms with Crippen molar-refractivity contribution in [3.05, 3.63) is 193 Å². The molecule has 0 aliphatic rings. The summed E-state index contributed by atoms with van der Waals surface area (Å²) in [6, 6.07) is 58.1. The summed E-state index contributed by atoms with van der Waals surface area (Å²) in [5.74, 6) is 0. The molecule has 3 aromatic heterocycles. The van der Waals surface area contributed by atoms with Crippen molar-refractivity contribution in [2.24, 2.45) is 0 Å². The molecule has 0 saturated carbocycles. The third-order valence-corrected chi connectivity index (χ3v) is 10.7. The fourth-order valence-corrected chi connectivity index (χ4v) is 8.08. The van der Waals surface area contributed by atoms with Crippen LogP contribution in [0.4, 0.5) is 5.69 Å². The molecule has 6 nitrogen and oxygen atoms in total. The van der Waals surface area contributed by atoms with Crippen LogP contribution in [0.25, 0.3) is 93.2 Å². The number of rotatable bonds is 5. The lowest BCUT2D eigenvalue weighted by Gasteiger charge is -2.18. The summed E-state index contributed by atoms with van der Waals surface area (Å²) in [5, 5.41) is 24.9. The van der Waals surface area contributed by atoms with Crippen molar-refractivity contribution in [3.8, 4) is 56.9 Å². The average molecular weight is 713 g/mol. The van der Waals surface area contributed by atoms with Crippen LogP contribution in [-0.2, 0) is 0 Å². The van der Waals surface area contributed by atoms with E-state index in [0.717, 1.165) is 88.4 Å². The van der Waals surface area contributed by atoms with E-state index >= 15 is 0 Å². The molecule has 0 amide bonds. The van der Waals surface area contributed by atoms with E-state index in [4.69, 9.17) is 6.57 Å². The maximum absolute atomic E-state index is 11.3. The standard InChI is InChI=1S/C50H28N6/c1-53-39-18-14-34(15-19-39)37-17-21-48-43(27-37)41-7-3-5-9-46(41)56(48)50-29-38(35-22-24-54-25-23-35)28-49(44(50)31-52)55-45-8-4-2-6-40(45)42-26-36(16-20-47(42)55)33-12-10-32(30-51)11-13-33/h2-29H. The maximum atomic E-state index is 11.3. The van der Waals surface area contributed by atoms with E-state index in [0.29, 0.717) is 16.8 Å². The van der Waals surface area contributed by atoms with Gasteiger partial charge in [0.1, 0.15) is 11.6 Å². The lowest BCUT2D eigenvalue weighted by Crippen LogP contribution is -2.05. The lowest BCUT2D eigenvalue weighted by molar-refractivity contribution is 1.12. The highest BCUT2D eigenvalue weighted by atomic mass is 15.0. The second-order valence-electron chi connectivity index (χ2n) is 13.8. The molecule has 0 aliphatic heterocycles. The lowest BCUT2D eigenvalue weighted by atomic mass is 10.00. The van der Waals surface area contributed by atoms with Gasteiger partial charge in [-0.05, 0) is 106 Å². The number of nitriles is 2. The Bertz CT molecular complexity index is 3120. The second kappa shape index (κ2) is 13.0. The van der Waals surface area contributed by atoms with Crippen molar-refractivity contribution >= 4 is 49.3 Å². The van der Waals surface area contributed by atoms with E-state index in [9.17, 15) is 10.5 Å². The normalized spacial score (nSPS) is 11.2. The minimum absolute atomic E-state index is 0.545. The first kappa shape index (κ1) is 32.4. The summed E-state index contributed by atoms with van der Waals surface area (Å²) in [5.41, 5.74) is 13.4. The highest BCUT2D eigenvalue weighted by molar-refractivity contribution is 6.12. The van der Waals surface area contributed by atoms with Gasteiger partial charge in [0, 0.05) is 33.9 Å². The van der Waals surface area contributed by atoms with Gasteiger partial charge in [-0.1, -0.05) is 84.9 Å². The molecule has 3 heterocycles. The monoisotopic (exact) mass is 712 g/mol. The first-order valence-corrected chi connectivity index (χ1v) is 18.2. The van der Waals surface area contributed by atoms with Crippen LogP contribution in [0.2, 0.25) is 0 Å². The Labute approximate surface area is 322 Å². The van der Waals surface area contributed by atoms with E-state index in [1.165, 1.54) is 0 Å². The predicted octanol–water partition coefficient (Wildman–Crippen LogP) is 12.6. The van der Waals surface area contributed by atoms with Crippen molar-refractivity contribution in [3.63, 3.8) is 0 Å². The van der Waals surface area contributed by atoms with Crippen LogP contribution in [0.1, 0.15) is 11.1 Å². The molecule has 0 N–H and O–H groups in total. The van der Waals surface area contributed by atoms with E-state index in [1.807, 2.05) is 72.8 Å². The van der Waals surface area contributed by atoms with E-state index in [2.05, 4.69) is 116 Å². The van der Waals surface area contributed by atoms with E-state index in [-0.39, 0.29) is 0 Å². The number of hydrogen-bond acceptors (Lipinski definition) is 3. The Morgan fingerprint density at radius 2 is 0.911 bits per heavy atom. The Hall–Kier alpha value is -8.24. The van der Waals surface area contributed by atoms with Crippen molar-refractivity contribution in [2.75, 3.05) is 0 Å². The summed E-state index contributed by atoms with van der Waals surface area (Å²) >= 11 is 0. The average Bonchev–Trinajstić information content (AvgIpc) is 3.78. The zero-order chi connectivity index (χ0) is 37.8. The van der Waals surface area contributed by atoms with Crippen LogP contribution in [-0.4, -0.2) is 14.1 Å². The van der Waals surface area contributed by atoms with Gasteiger partial charge in [-0.15, -0.1) is 0 Å². The molecule has 7 aromatic carbocycles. The fourth-order valence-electron chi connectivity index (χ4n) is 8.08. The van der Waals surface area contributed by atoms with Gasteiger partial charge >= 0.3 is 0 Å². The zero-order valence-electron chi connectivity index (χ0n) is 29.8. The molecule has 0 spiro atoms. The van der Waals surface area contributed by atoms with Crippen LogP contribution in [0.15, 0.2) is 170 Å². The molecule has 10 rings (SSSR count). The zero-order valence-corrected chi connectivity index (χ0v) is 29.8. The summed E-state index contributed by atoms with van der Waals surface area (Å²) in [6.07, 6.45) is 3.59. The minimum Gasteiger partial charge on any atom is -0.308 e. The Balaban J connectivity index is 1.26. The van der Waals surface area contributed by atoms with Crippen LogP contribution in [0.5, 0.6) is 0 Å². The molecule has 0 bridgehead atoms. The van der Waals surface area contributed by atoms with Crippen LogP contribution < -0.4 is 0 Å². The minimum atomic E-state index is 0.545. The van der Waals surface area contributed by atoms with Gasteiger partial charge in [0.25, 0.3) is 0 Å². The van der Waals surface area contributed by atoms with Crippen molar-refractivity contribution < 1.29 is 0 Å². The van der Waals surface area contributed by atoms with E-state index in [1.54, 1.807) is 12.4 Å². The third-order valence-electron chi connectivity index (χ3n) is 10.7. The van der Waals surface area contributed by atoms with Gasteiger partial charge in [0.2, 0.25) is 0 Å². The first-order chi connectivity index (χ1) is 27.6. The number of para-hydroxylation sites is 2. The van der Waals surface area contributed by atoms with Gasteiger partial charge in [-0.3, -0.25) is 4.98 Å². The molecular weight excluding hydrogens is 685 g/mol. The first-order valence-electron chi connectivity index (χ1n) is 18.2. The molecule has 0 fully saturated rings. The highest BCUT2D eigenvalue weighted by Gasteiger charge is 2.23. The van der Waals surface area contributed by atoms with Crippen molar-refractivity contribution in [2.45, 2.75) is 0 Å². The fraction of sp³-hybridized carbons (Fsp3) is 0. The van der Waals surface area contributed by atoms with Crippen molar-refractivity contribution in [1.29, 1.82) is 10.5 Å². The molecule has 56 heavy (non-hydrogen) atoms. The number of pyridine rings is 1. The Morgan fingerprint density at radius 3 is 1.41 bits per heavy atom. The van der Waals surface area contributed by atoms with Gasteiger partial charge in [0.05, 0.1) is 51.6 Å². The molecule has 0 unspecified atom stereocenters. The summed E-state index contributed by atoms with van der Waals surface area (Å²) in [6.45, 7) is 7.38. The number of benzene rings is 7. The predicted molar refractivity (Wildman–Crippen MR) is 225 cm³/mol. The molecular formula is C50H28N6. The van der Waals surface area contributed by atoms with Gasteiger partial charge < -0.3 is 9.13 Å². The number of fused-ring (bicyclic) bond motifs is 6. The molecule has 258 valence electrons. The molecule has 6 heteroatoms.